The standard InChI is InChI=1S/C11H11NO4/c1-8(13)6-9(14)7-16-11(15)10-4-2-3-5-12-10/h2-5H,6-7H2,1H3. The molecule has 1 rings (SSSR count). The molecule has 0 spiro atoms. The number of esters is 1. The summed E-state index contributed by atoms with van der Waals surface area (Å²) in [5.41, 5.74) is 0.137. The van der Waals surface area contributed by atoms with Crippen molar-refractivity contribution in [3.05, 3.63) is 30.1 Å². The number of hydrogen-bond donors (Lipinski definition) is 0. The molecule has 0 unspecified atom stereocenters. The Morgan fingerprint density at radius 2 is 2.06 bits per heavy atom. The van der Waals surface area contributed by atoms with E-state index < -0.39 is 18.4 Å². The summed E-state index contributed by atoms with van der Waals surface area (Å²) in [6.45, 7) is 0.910. The normalized spacial score (nSPS) is 9.56. The third-order valence-electron chi connectivity index (χ3n) is 1.68. The Morgan fingerprint density at radius 1 is 1.31 bits per heavy atom. The van der Waals surface area contributed by atoms with Crippen LogP contribution in [0.3, 0.4) is 0 Å². The van der Waals surface area contributed by atoms with Crippen LogP contribution in [0.1, 0.15) is 23.8 Å². The zero-order valence-corrected chi connectivity index (χ0v) is 8.80. The summed E-state index contributed by atoms with van der Waals surface area (Å²) < 4.78 is 4.69. The first-order valence-electron chi connectivity index (χ1n) is 4.69. The van der Waals surface area contributed by atoms with Crippen molar-refractivity contribution in [1.82, 2.24) is 4.98 Å². The second-order valence-corrected chi connectivity index (χ2v) is 3.21. The highest BCUT2D eigenvalue weighted by Crippen LogP contribution is 1.97. The van der Waals surface area contributed by atoms with E-state index in [4.69, 9.17) is 0 Å². The van der Waals surface area contributed by atoms with Crippen molar-refractivity contribution in [3.63, 3.8) is 0 Å². The van der Waals surface area contributed by atoms with E-state index in [0.717, 1.165) is 0 Å². The van der Waals surface area contributed by atoms with E-state index >= 15 is 0 Å². The average Bonchev–Trinajstić information content (AvgIpc) is 2.26. The van der Waals surface area contributed by atoms with Crippen LogP contribution in [0.5, 0.6) is 0 Å². The van der Waals surface area contributed by atoms with E-state index in [1.807, 2.05) is 0 Å². The maximum atomic E-state index is 11.3. The smallest absolute Gasteiger partial charge is 0.357 e. The second-order valence-electron chi connectivity index (χ2n) is 3.21. The summed E-state index contributed by atoms with van der Waals surface area (Å²) in [5, 5.41) is 0. The summed E-state index contributed by atoms with van der Waals surface area (Å²) in [4.78, 5) is 36.7. The minimum atomic E-state index is -0.669. The number of ether oxygens (including phenoxy) is 1. The number of nitrogens with zero attached hydrogens (tertiary/aromatic N) is 1. The van der Waals surface area contributed by atoms with Crippen molar-refractivity contribution < 1.29 is 19.1 Å². The van der Waals surface area contributed by atoms with Gasteiger partial charge in [0.05, 0.1) is 6.42 Å². The molecule has 0 saturated heterocycles. The molecule has 16 heavy (non-hydrogen) atoms. The van der Waals surface area contributed by atoms with Gasteiger partial charge in [-0.05, 0) is 19.1 Å². The predicted octanol–water partition coefficient (Wildman–Crippen LogP) is 0.787. The topological polar surface area (TPSA) is 73.3 Å². The fourth-order valence-corrected chi connectivity index (χ4v) is 1.03. The van der Waals surface area contributed by atoms with E-state index in [9.17, 15) is 14.4 Å². The molecule has 0 aliphatic carbocycles. The van der Waals surface area contributed by atoms with E-state index in [-0.39, 0.29) is 17.9 Å². The van der Waals surface area contributed by atoms with Gasteiger partial charge in [0.1, 0.15) is 11.5 Å². The minimum Gasteiger partial charge on any atom is -0.453 e. The molecule has 0 saturated carbocycles. The molecule has 0 aliphatic rings. The lowest BCUT2D eigenvalue weighted by Gasteiger charge is -2.02. The van der Waals surface area contributed by atoms with E-state index in [2.05, 4.69) is 9.72 Å². The van der Waals surface area contributed by atoms with Crippen molar-refractivity contribution >= 4 is 17.5 Å². The molecule has 0 N–H and O–H groups in total. The van der Waals surface area contributed by atoms with Gasteiger partial charge in [-0.2, -0.15) is 0 Å². The Hall–Kier alpha value is -2.04. The molecule has 5 heteroatoms. The zero-order chi connectivity index (χ0) is 12.0. The second kappa shape index (κ2) is 5.75. The maximum Gasteiger partial charge on any atom is 0.357 e. The molecule has 0 fully saturated rings. The number of rotatable bonds is 5. The minimum absolute atomic E-state index is 0.137. The van der Waals surface area contributed by atoms with Gasteiger partial charge in [-0.3, -0.25) is 9.59 Å². The Morgan fingerprint density at radius 3 is 2.62 bits per heavy atom. The van der Waals surface area contributed by atoms with Gasteiger partial charge in [0.2, 0.25) is 0 Å². The third kappa shape index (κ3) is 4.00. The van der Waals surface area contributed by atoms with Gasteiger partial charge in [-0.15, -0.1) is 0 Å². The first kappa shape index (κ1) is 12.0. The number of ketones is 2. The molecule has 0 bridgehead atoms. The van der Waals surface area contributed by atoms with Crippen LogP contribution in [0.15, 0.2) is 24.4 Å². The molecule has 0 amide bonds. The van der Waals surface area contributed by atoms with Gasteiger partial charge in [0.25, 0.3) is 0 Å². The highest BCUT2D eigenvalue weighted by molar-refractivity contribution is 5.99. The fraction of sp³-hybridized carbons (Fsp3) is 0.273. The first-order valence-corrected chi connectivity index (χ1v) is 4.69. The third-order valence-corrected chi connectivity index (χ3v) is 1.68. The van der Waals surface area contributed by atoms with Crippen molar-refractivity contribution in [2.24, 2.45) is 0 Å². The average molecular weight is 221 g/mol. The van der Waals surface area contributed by atoms with E-state index in [0.29, 0.717) is 0 Å². The van der Waals surface area contributed by atoms with Crippen LogP contribution in [0.25, 0.3) is 0 Å². The molecule has 0 aliphatic heterocycles. The van der Waals surface area contributed by atoms with E-state index in [1.165, 1.54) is 19.2 Å². The molecular weight excluding hydrogens is 210 g/mol. The van der Waals surface area contributed by atoms with Gasteiger partial charge in [0, 0.05) is 6.20 Å². The lowest BCUT2D eigenvalue weighted by atomic mass is 10.2. The fourth-order valence-electron chi connectivity index (χ4n) is 1.03. The summed E-state index contributed by atoms with van der Waals surface area (Å²) in [6, 6.07) is 4.79. The van der Waals surface area contributed by atoms with Crippen LogP contribution >= 0.6 is 0 Å². The molecule has 5 nitrogen and oxygen atoms in total. The van der Waals surface area contributed by atoms with Crippen molar-refractivity contribution in [2.75, 3.05) is 6.61 Å². The lowest BCUT2D eigenvalue weighted by molar-refractivity contribution is -0.127. The Balaban J connectivity index is 2.42. The zero-order valence-electron chi connectivity index (χ0n) is 8.80. The maximum absolute atomic E-state index is 11.3. The first-order chi connectivity index (χ1) is 7.59. The molecule has 0 atom stereocenters. The summed E-state index contributed by atoms with van der Waals surface area (Å²) in [5.74, 6) is -1.34. The SMILES string of the molecule is CC(=O)CC(=O)COC(=O)c1ccccn1. The largest absolute Gasteiger partial charge is 0.453 e. The number of hydrogen-bond acceptors (Lipinski definition) is 5. The lowest BCUT2D eigenvalue weighted by Crippen LogP contribution is -2.16. The number of carbonyl (C=O) groups is 3. The highest BCUT2D eigenvalue weighted by Gasteiger charge is 2.11. The summed E-state index contributed by atoms with van der Waals surface area (Å²) in [7, 11) is 0. The molecule has 1 heterocycles. The van der Waals surface area contributed by atoms with Gasteiger partial charge < -0.3 is 4.74 Å². The Labute approximate surface area is 92.4 Å². The van der Waals surface area contributed by atoms with Crippen LogP contribution in [-0.4, -0.2) is 29.1 Å². The monoisotopic (exact) mass is 221 g/mol. The summed E-state index contributed by atoms with van der Waals surface area (Å²) in [6.07, 6.45) is 1.24. The molecule has 0 aromatic carbocycles. The van der Waals surface area contributed by atoms with Crippen molar-refractivity contribution in [3.8, 4) is 0 Å². The highest BCUT2D eigenvalue weighted by atomic mass is 16.5. The number of carbonyl (C=O) groups excluding carboxylic acids is 3. The molecule has 1 aromatic heterocycles. The van der Waals surface area contributed by atoms with Crippen LogP contribution < -0.4 is 0 Å². The van der Waals surface area contributed by atoms with E-state index in [1.54, 1.807) is 12.1 Å². The number of aromatic nitrogens is 1. The van der Waals surface area contributed by atoms with Crippen molar-refractivity contribution in [1.29, 1.82) is 0 Å². The molecule has 1 aromatic rings. The molecule has 0 radical (unpaired) electrons. The Bertz CT molecular complexity index is 400. The van der Waals surface area contributed by atoms with Gasteiger partial charge >= 0.3 is 5.97 Å². The quantitative estimate of drug-likeness (QED) is 0.542. The Kier molecular flexibility index (Phi) is 4.32. The van der Waals surface area contributed by atoms with Crippen LogP contribution in [0.2, 0.25) is 0 Å². The molecule has 84 valence electrons. The predicted molar refractivity (Wildman–Crippen MR) is 54.8 cm³/mol. The number of Topliss-reactive ketones (excluding diaryl/α,β-unsaturated/α-hetero) is 2. The van der Waals surface area contributed by atoms with Crippen LogP contribution in [0.4, 0.5) is 0 Å². The van der Waals surface area contributed by atoms with Crippen LogP contribution in [0, 0.1) is 0 Å². The van der Waals surface area contributed by atoms with Crippen LogP contribution in [-0.2, 0) is 14.3 Å². The van der Waals surface area contributed by atoms with Crippen molar-refractivity contribution in [2.45, 2.75) is 13.3 Å². The summed E-state index contributed by atoms with van der Waals surface area (Å²) >= 11 is 0. The van der Waals surface area contributed by atoms with Gasteiger partial charge in [-0.1, -0.05) is 6.07 Å². The molecular formula is C11H11NO4. The number of pyridine rings is 1. The van der Waals surface area contributed by atoms with Gasteiger partial charge in [-0.25, -0.2) is 9.78 Å². The van der Waals surface area contributed by atoms with Gasteiger partial charge in [0.15, 0.2) is 12.4 Å².